The van der Waals surface area contributed by atoms with Crippen LogP contribution >= 0.6 is 11.6 Å². The van der Waals surface area contributed by atoms with Gasteiger partial charge in [-0.2, -0.15) is 5.10 Å². The highest BCUT2D eigenvalue weighted by atomic mass is 35.5. The molecular weight excluding hydrogens is 385 g/mol. The monoisotopic (exact) mass is 401 g/mol. The van der Waals surface area contributed by atoms with E-state index in [4.69, 9.17) is 16.7 Å². The molecule has 28 heavy (non-hydrogen) atoms. The summed E-state index contributed by atoms with van der Waals surface area (Å²) in [5.74, 6) is -1.89. The molecule has 1 aromatic heterocycles. The topological polar surface area (TPSA) is 95.1 Å². The third-order valence-corrected chi connectivity index (χ3v) is 4.59. The van der Waals surface area contributed by atoms with E-state index in [0.29, 0.717) is 21.9 Å². The number of aliphatic carboxylic acids is 1. The van der Waals surface area contributed by atoms with E-state index in [0.717, 1.165) is 10.9 Å². The van der Waals surface area contributed by atoms with E-state index in [2.05, 4.69) is 15.5 Å². The summed E-state index contributed by atoms with van der Waals surface area (Å²) in [6.07, 6.45) is 2.99. The second kappa shape index (κ2) is 8.22. The van der Waals surface area contributed by atoms with E-state index in [1.165, 1.54) is 25.1 Å². The van der Waals surface area contributed by atoms with E-state index in [1.54, 1.807) is 24.3 Å². The minimum absolute atomic E-state index is 0.115. The Bertz CT molecular complexity index is 1090. The minimum Gasteiger partial charge on any atom is -0.481 e. The highest BCUT2D eigenvalue weighted by Crippen LogP contribution is 2.25. The van der Waals surface area contributed by atoms with Crippen molar-refractivity contribution in [2.75, 3.05) is 5.32 Å². The van der Waals surface area contributed by atoms with Crippen molar-refractivity contribution in [1.29, 1.82) is 0 Å². The molecule has 3 N–H and O–H groups in total. The number of carboxylic acids is 1. The highest BCUT2D eigenvalue weighted by Gasteiger charge is 2.13. The van der Waals surface area contributed by atoms with E-state index >= 15 is 0 Å². The van der Waals surface area contributed by atoms with Gasteiger partial charge in [0, 0.05) is 23.4 Å². The highest BCUT2D eigenvalue weighted by molar-refractivity contribution is 6.34. The van der Waals surface area contributed by atoms with Gasteiger partial charge in [-0.15, -0.1) is 0 Å². The van der Waals surface area contributed by atoms with Gasteiger partial charge >= 0.3 is 5.97 Å². The van der Waals surface area contributed by atoms with Gasteiger partial charge in [0.15, 0.2) is 0 Å². The Morgan fingerprint density at radius 2 is 2.11 bits per heavy atom. The van der Waals surface area contributed by atoms with Crippen molar-refractivity contribution >= 4 is 46.1 Å². The zero-order chi connectivity index (χ0) is 20.3. The number of rotatable bonds is 6. The number of nitrogens with zero attached hydrogens (tertiary/aromatic N) is 1. The van der Waals surface area contributed by atoms with Gasteiger partial charge in [0.05, 0.1) is 11.2 Å². The summed E-state index contributed by atoms with van der Waals surface area (Å²) in [4.78, 5) is 23.2. The first-order valence-electron chi connectivity index (χ1n) is 8.47. The average Bonchev–Trinajstić information content (AvgIpc) is 3.03. The lowest BCUT2D eigenvalue weighted by atomic mass is 10.0. The van der Waals surface area contributed by atoms with Crippen molar-refractivity contribution < 1.29 is 19.1 Å². The maximum atomic E-state index is 13.9. The number of halogens is 2. The number of aryl methyl sites for hydroxylation is 1. The number of amides is 1. The molecule has 6 nitrogen and oxygen atoms in total. The van der Waals surface area contributed by atoms with Crippen LogP contribution in [0.3, 0.4) is 0 Å². The number of carboxylic acid groups (broad SMARTS) is 1. The van der Waals surface area contributed by atoms with Crippen molar-refractivity contribution in [2.45, 2.75) is 19.8 Å². The van der Waals surface area contributed by atoms with Crippen LogP contribution in [0, 0.1) is 12.7 Å². The Balaban J connectivity index is 1.78. The van der Waals surface area contributed by atoms with Crippen molar-refractivity contribution in [1.82, 2.24) is 10.2 Å². The Morgan fingerprint density at radius 3 is 2.86 bits per heavy atom. The molecule has 1 amide bonds. The van der Waals surface area contributed by atoms with E-state index in [9.17, 15) is 14.0 Å². The van der Waals surface area contributed by atoms with Crippen LogP contribution in [-0.2, 0) is 16.0 Å². The van der Waals surface area contributed by atoms with Crippen LogP contribution in [0.25, 0.3) is 17.0 Å². The molecule has 0 saturated heterocycles. The SMILES string of the molecule is Cc1c(F)ccc(CCC(=O)O)c1NC(=O)C=Cc1ccc2c(Cl)[nH]nc2c1. The molecule has 0 atom stereocenters. The maximum absolute atomic E-state index is 13.9. The second-order valence-electron chi connectivity index (χ2n) is 6.24. The smallest absolute Gasteiger partial charge is 0.303 e. The number of anilines is 1. The molecule has 0 saturated carbocycles. The zero-order valence-corrected chi connectivity index (χ0v) is 15.7. The van der Waals surface area contributed by atoms with Gasteiger partial charge in [-0.25, -0.2) is 4.39 Å². The predicted octanol–water partition coefficient (Wildman–Crippen LogP) is 4.33. The zero-order valence-electron chi connectivity index (χ0n) is 14.9. The van der Waals surface area contributed by atoms with Crippen LogP contribution < -0.4 is 5.32 Å². The molecule has 3 rings (SSSR count). The van der Waals surface area contributed by atoms with Crippen molar-refractivity contribution in [3.05, 3.63) is 64.1 Å². The van der Waals surface area contributed by atoms with Crippen LogP contribution in [0.1, 0.15) is 23.1 Å². The number of benzene rings is 2. The number of hydrogen-bond donors (Lipinski definition) is 3. The summed E-state index contributed by atoms with van der Waals surface area (Å²) in [6.45, 7) is 1.54. The number of nitrogens with one attached hydrogen (secondary N) is 2. The molecule has 0 spiro atoms. The number of carbonyl (C=O) groups excluding carboxylic acids is 1. The summed E-state index contributed by atoms with van der Waals surface area (Å²) in [5, 5.41) is 19.5. The van der Waals surface area contributed by atoms with Gasteiger partial charge in [0.1, 0.15) is 11.0 Å². The Kier molecular flexibility index (Phi) is 5.75. The fourth-order valence-electron chi connectivity index (χ4n) is 2.80. The van der Waals surface area contributed by atoms with Gasteiger partial charge < -0.3 is 10.4 Å². The Morgan fingerprint density at radius 1 is 1.32 bits per heavy atom. The third-order valence-electron chi connectivity index (χ3n) is 4.30. The number of H-pyrrole nitrogens is 1. The lowest BCUT2D eigenvalue weighted by molar-refractivity contribution is -0.136. The molecule has 2 aromatic carbocycles. The number of aromatic nitrogens is 2. The largest absolute Gasteiger partial charge is 0.481 e. The number of carbonyl (C=O) groups is 2. The number of fused-ring (bicyclic) bond motifs is 1. The Hall–Kier alpha value is -3.19. The van der Waals surface area contributed by atoms with Crippen LogP contribution in [0.2, 0.25) is 5.15 Å². The molecule has 0 aliphatic carbocycles. The summed E-state index contributed by atoms with van der Waals surface area (Å²) < 4.78 is 13.9. The molecule has 0 radical (unpaired) electrons. The van der Waals surface area contributed by atoms with Crippen molar-refractivity contribution in [3.8, 4) is 0 Å². The normalized spacial score (nSPS) is 11.2. The minimum atomic E-state index is -0.965. The molecular formula is C20H17ClFN3O3. The molecule has 144 valence electrons. The van der Waals surface area contributed by atoms with Gasteiger partial charge in [0.2, 0.25) is 5.91 Å². The fourth-order valence-corrected chi connectivity index (χ4v) is 3.01. The average molecular weight is 402 g/mol. The fraction of sp³-hybridized carbons (Fsp3) is 0.150. The van der Waals surface area contributed by atoms with Crippen molar-refractivity contribution in [2.24, 2.45) is 0 Å². The lowest BCUT2D eigenvalue weighted by Gasteiger charge is -2.13. The summed E-state index contributed by atoms with van der Waals surface area (Å²) >= 11 is 5.96. The van der Waals surface area contributed by atoms with Crippen LogP contribution in [0.5, 0.6) is 0 Å². The van der Waals surface area contributed by atoms with E-state index < -0.39 is 17.7 Å². The molecule has 1 heterocycles. The van der Waals surface area contributed by atoms with Crippen molar-refractivity contribution in [3.63, 3.8) is 0 Å². The quantitative estimate of drug-likeness (QED) is 0.535. The summed E-state index contributed by atoms with van der Waals surface area (Å²) in [5.41, 5.74) is 2.54. The number of aromatic amines is 1. The first kappa shape index (κ1) is 19.6. The number of hydrogen-bond acceptors (Lipinski definition) is 3. The standard InChI is InChI=1S/C20H17ClFN3O3/c1-11-15(22)7-4-13(5-9-18(27)28)19(11)23-17(26)8-3-12-2-6-14-16(10-12)24-25-20(14)21/h2-4,6-8,10H,5,9H2,1H3,(H,23,26)(H,24,25)(H,27,28). The molecule has 3 aromatic rings. The predicted molar refractivity (Wildman–Crippen MR) is 106 cm³/mol. The van der Waals surface area contributed by atoms with E-state index in [-0.39, 0.29) is 18.4 Å². The molecule has 0 bridgehead atoms. The van der Waals surface area contributed by atoms with Gasteiger partial charge in [-0.1, -0.05) is 23.7 Å². The molecule has 0 fully saturated rings. The molecule has 0 unspecified atom stereocenters. The van der Waals surface area contributed by atoms with E-state index in [1.807, 2.05) is 0 Å². The second-order valence-corrected chi connectivity index (χ2v) is 6.61. The lowest BCUT2D eigenvalue weighted by Crippen LogP contribution is -2.12. The first-order chi connectivity index (χ1) is 13.3. The molecule has 0 aliphatic rings. The van der Waals surface area contributed by atoms with Gasteiger partial charge in [-0.05, 0) is 48.7 Å². The molecule has 0 aliphatic heterocycles. The summed E-state index contributed by atoms with van der Waals surface area (Å²) in [6, 6.07) is 8.11. The maximum Gasteiger partial charge on any atom is 0.303 e. The third kappa shape index (κ3) is 4.37. The van der Waals surface area contributed by atoms with Crippen LogP contribution in [0.15, 0.2) is 36.4 Å². The van der Waals surface area contributed by atoms with Crippen LogP contribution in [-0.4, -0.2) is 27.2 Å². The van der Waals surface area contributed by atoms with Gasteiger partial charge in [-0.3, -0.25) is 14.7 Å². The van der Waals surface area contributed by atoms with Crippen LogP contribution in [0.4, 0.5) is 10.1 Å². The first-order valence-corrected chi connectivity index (χ1v) is 8.85. The molecule has 8 heteroatoms. The summed E-state index contributed by atoms with van der Waals surface area (Å²) in [7, 11) is 0. The van der Waals surface area contributed by atoms with Gasteiger partial charge in [0.25, 0.3) is 0 Å². The Labute approximate surface area is 165 Å².